The number of halogens is 1. The molecule has 31 heavy (non-hydrogen) atoms. The van der Waals surface area contributed by atoms with Crippen molar-refractivity contribution >= 4 is 33.8 Å². The SMILES string of the molecule is COc1cc2c(cc1/C(C(C)=N)=C(\C)[OH2+])cc(CO)c(=O)n2CCc1ccc(Cl)cc1. The van der Waals surface area contributed by atoms with E-state index in [9.17, 15) is 9.90 Å². The second-order valence-corrected chi connectivity index (χ2v) is 7.83. The summed E-state index contributed by atoms with van der Waals surface area (Å²) < 4.78 is 7.20. The van der Waals surface area contributed by atoms with Gasteiger partial charge in [-0.05, 0) is 48.6 Å². The van der Waals surface area contributed by atoms with Crippen LogP contribution in [-0.4, -0.2) is 27.6 Å². The van der Waals surface area contributed by atoms with Gasteiger partial charge in [-0.15, -0.1) is 0 Å². The largest absolute Gasteiger partial charge is 0.596 e. The zero-order valence-electron chi connectivity index (χ0n) is 17.8. The molecule has 2 aromatic carbocycles. The lowest BCUT2D eigenvalue weighted by Crippen LogP contribution is -2.25. The number of hydrogen-bond acceptors (Lipinski definition) is 4. The zero-order chi connectivity index (χ0) is 22.7. The highest BCUT2D eigenvalue weighted by Crippen LogP contribution is 2.33. The first kappa shape index (κ1) is 22.6. The first-order valence-electron chi connectivity index (χ1n) is 9.85. The van der Waals surface area contributed by atoms with Gasteiger partial charge in [0.2, 0.25) is 5.76 Å². The molecule has 0 aliphatic carbocycles. The van der Waals surface area contributed by atoms with Crippen LogP contribution in [0, 0.1) is 5.41 Å². The summed E-state index contributed by atoms with van der Waals surface area (Å²) in [6.45, 7) is 3.30. The van der Waals surface area contributed by atoms with E-state index in [1.54, 1.807) is 30.5 Å². The van der Waals surface area contributed by atoms with Crippen molar-refractivity contribution in [2.24, 2.45) is 0 Å². The average Bonchev–Trinajstić information content (AvgIpc) is 2.73. The molecule has 4 N–H and O–H groups in total. The molecule has 0 spiro atoms. The molecule has 0 aliphatic heterocycles. The highest BCUT2D eigenvalue weighted by atomic mass is 35.5. The van der Waals surface area contributed by atoms with Gasteiger partial charge in [0.25, 0.3) is 5.56 Å². The molecule has 3 rings (SSSR count). The molecule has 162 valence electrons. The molecule has 0 radical (unpaired) electrons. The second-order valence-electron chi connectivity index (χ2n) is 7.40. The fourth-order valence-electron chi connectivity index (χ4n) is 3.74. The summed E-state index contributed by atoms with van der Waals surface area (Å²) >= 11 is 5.96. The molecule has 3 aromatic rings. The van der Waals surface area contributed by atoms with E-state index in [0.29, 0.717) is 46.0 Å². The summed E-state index contributed by atoms with van der Waals surface area (Å²) in [5.41, 5.74) is 3.08. The van der Waals surface area contributed by atoms with E-state index in [4.69, 9.17) is 26.9 Å². The number of aryl methyl sites for hydroxylation is 2. The topological polar surface area (TPSA) is 98.2 Å². The Balaban J connectivity index is 2.20. The number of aliphatic hydroxyl groups is 1. The highest BCUT2D eigenvalue weighted by Gasteiger charge is 2.20. The van der Waals surface area contributed by atoms with E-state index in [1.165, 1.54) is 7.11 Å². The molecule has 0 saturated heterocycles. The van der Waals surface area contributed by atoms with E-state index in [-0.39, 0.29) is 23.6 Å². The Hall–Kier alpha value is -3.09. The number of rotatable bonds is 7. The predicted octanol–water partition coefficient (Wildman–Crippen LogP) is 3.89. The zero-order valence-corrected chi connectivity index (χ0v) is 18.5. The number of benzene rings is 2. The van der Waals surface area contributed by atoms with E-state index >= 15 is 0 Å². The van der Waals surface area contributed by atoms with Crippen LogP contribution in [0.3, 0.4) is 0 Å². The van der Waals surface area contributed by atoms with Crippen molar-refractivity contribution in [2.45, 2.75) is 33.4 Å². The molecule has 0 bridgehead atoms. The van der Waals surface area contributed by atoms with Crippen molar-refractivity contribution < 1.29 is 14.9 Å². The van der Waals surface area contributed by atoms with Gasteiger partial charge in [0.05, 0.1) is 24.8 Å². The fraction of sp³-hybridized carbons (Fsp3) is 0.250. The Labute approximate surface area is 185 Å². The lowest BCUT2D eigenvalue weighted by atomic mass is 9.97. The van der Waals surface area contributed by atoms with E-state index in [1.807, 2.05) is 30.3 Å². The van der Waals surface area contributed by atoms with Crippen LogP contribution in [0.1, 0.15) is 30.5 Å². The molecule has 0 unspecified atom stereocenters. The molecule has 6 nitrogen and oxygen atoms in total. The van der Waals surface area contributed by atoms with Crippen molar-refractivity contribution in [1.29, 1.82) is 5.41 Å². The molecule has 1 aromatic heterocycles. The van der Waals surface area contributed by atoms with Gasteiger partial charge in [0.15, 0.2) is 0 Å². The van der Waals surface area contributed by atoms with Crippen molar-refractivity contribution in [1.82, 2.24) is 4.57 Å². The number of aliphatic hydroxyl groups excluding tert-OH is 1. The smallest absolute Gasteiger partial charge is 0.256 e. The lowest BCUT2D eigenvalue weighted by molar-refractivity contribution is 0.279. The molecule has 0 fully saturated rings. The van der Waals surface area contributed by atoms with Crippen LogP contribution in [-0.2, 0) is 19.6 Å². The maximum absolute atomic E-state index is 13.0. The Morgan fingerprint density at radius 1 is 1.19 bits per heavy atom. The Kier molecular flexibility index (Phi) is 6.83. The molecule has 0 saturated carbocycles. The van der Waals surface area contributed by atoms with Crippen LogP contribution in [0.4, 0.5) is 0 Å². The summed E-state index contributed by atoms with van der Waals surface area (Å²) in [7, 11) is 1.53. The van der Waals surface area contributed by atoms with Crippen LogP contribution in [0.2, 0.25) is 5.02 Å². The number of fused-ring (bicyclic) bond motifs is 1. The van der Waals surface area contributed by atoms with Gasteiger partial charge in [0.1, 0.15) is 5.75 Å². The van der Waals surface area contributed by atoms with Crippen LogP contribution >= 0.6 is 11.6 Å². The summed E-state index contributed by atoms with van der Waals surface area (Å²) in [4.78, 5) is 13.0. The molecular weight excluding hydrogens is 416 g/mol. The maximum atomic E-state index is 13.0. The molecule has 0 atom stereocenters. The van der Waals surface area contributed by atoms with E-state index in [0.717, 1.165) is 10.9 Å². The molecule has 0 aliphatic rings. The summed E-state index contributed by atoms with van der Waals surface area (Å²) in [6.07, 6.45) is 0.613. The summed E-state index contributed by atoms with van der Waals surface area (Å²) in [6, 6.07) is 12.7. The van der Waals surface area contributed by atoms with Gasteiger partial charge < -0.3 is 24.9 Å². The maximum Gasteiger partial charge on any atom is 0.256 e. The molecule has 1 heterocycles. The van der Waals surface area contributed by atoms with Gasteiger partial charge in [-0.3, -0.25) is 4.79 Å². The first-order chi connectivity index (χ1) is 14.8. The Morgan fingerprint density at radius 2 is 1.87 bits per heavy atom. The number of aromatic nitrogens is 1. The Bertz CT molecular complexity index is 1220. The minimum atomic E-state index is -0.374. The van der Waals surface area contributed by atoms with Crippen molar-refractivity contribution in [2.75, 3.05) is 7.11 Å². The summed E-state index contributed by atoms with van der Waals surface area (Å²) in [5.74, 6) is 0.737. The number of nitrogens with one attached hydrogen (secondary N) is 1. The lowest BCUT2D eigenvalue weighted by Gasteiger charge is -2.17. The van der Waals surface area contributed by atoms with Gasteiger partial charge in [-0.2, -0.15) is 0 Å². The molecule has 7 heteroatoms. The number of nitrogens with zero attached hydrogens (tertiary/aromatic N) is 1. The van der Waals surface area contributed by atoms with Crippen molar-refractivity contribution in [3.8, 4) is 5.75 Å². The number of ether oxygens (including phenoxy) is 1. The van der Waals surface area contributed by atoms with Crippen LogP contribution in [0.15, 0.2) is 53.0 Å². The Morgan fingerprint density at radius 3 is 2.42 bits per heavy atom. The average molecular weight is 442 g/mol. The third-order valence-corrected chi connectivity index (χ3v) is 5.47. The number of hydrogen-bond donors (Lipinski definition) is 2. The fourth-order valence-corrected chi connectivity index (χ4v) is 3.87. The van der Waals surface area contributed by atoms with Gasteiger partial charge in [0, 0.05) is 41.4 Å². The molecule has 0 amide bonds. The number of allylic oxidation sites excluding steroid dienone is 2. The van der Waals surface area contributed by atoms with Gasteiger partial charge >= 0.3 is 0 Å². The normalized spacial score (nSPS) is 12.0. The van der Waals surface area contributed by atoms with Gasteiger partial charge in [-0.25, -0.2) is 0 Å². The third-order valence-electron chi connectivity index (χ3n) is 5.22. The van der Waals surface area contributed by atoms with E-state index in [2.05, 4.69) is 0 Å². The van der Waals surface area contributed by atoms with Crippen LogP contribution < -0.4 is 10.3 Å². The van der Waals surface area contributed by atoms with Crippen LogP contribution in [0.25, 0.3) is 16.5 Å². The van der Waals surface area contributed by atoms with Crippen LogP contribution in [0.5, 0.6) is 5.75 Å². The monoisotopic (exact) mass is 441 g/mol. The quantitative estimate of drug-likeness (QED) is 0.330. The minimum absolute atomic E-state index is 0.253. The van der Waals surface area contributed by atoms with E-state index < -0.39 is 0 Å². The second kappa shape index (κ2) is 9.37. The van der Waals surface area contributed by atoms with Gasteiger partial charge in [-0.1, -0.05) is 23.7 Å². The summed E-state index contributed by atoms with van der Waals surface area (Å²) in [5, 5.41) is 27.3. The van der Waals surface area contributed by atoms with Crippen molar-refractivity contribution in [3.63, 3.8) is 0 Å². The predicted molar refractivity (Wildman–Crippen MR) is 125 cm³/mol. The highest BCUT2D eigenvalue weighted by molar-refractivity contribution is 6.30. The number of pyridine rings is 1. The number of methoxy groups -OCH3 is 1. The third kappa shape index (κ3) is 4.65. The first-order valence-corrected chi connectivity index (χ1v) is 10.2. The standard InChI is InChI=1S/C24H25ClN2O4/c1-14(26)23(15(2)29)20-11-17-10-18(13-28)24(30)27(21(17)12-22(20)31-3)9-8-16-4-6-19(25)7-5-16/h4-7,10-12,26,28-29H,8-9,13H2,1-3H3/p+1/b23-15+,26-14?. The molecular formula is C24H26ClN2O4+. The van der Waals surface area contributed by atoms with Crippen molar-refractivity contribution in [3.05, 3.63) is 80.3 Å². The minimum Gasteiger partial charge on any atom is -0.596 e.